The molecule has 0 saturated heterocycles. The normalized spacial score (nSPS) is 10.2. The lowest BCUT2D eigenvalue weighted by Gasteiger charge is -2.08. The van der Waals surface area contributed by atoms with Gasteiger partial charge < -0.3 is 15.4 Å². The van der Waals surface area contributed by atoms with Crippen LogP contribution in [0.15, 0.2) is 60.9 Å². The van der Waals surface area contributed by atoms with Crippen molar-refractivity contribution in [2.24, 2.45) is 0 Å². The minimum atomic E-state index is -0.378. The Balaban J connectivity index is 1.67. The van der Waals surface area contributed by atoms with E-state index < -0.39 is 0 Å². The molecule has 0 spiro atoms. The van der Waals surface area contributed by atoms with Gasteiger partial charge in [-0.3, -0.25) is 4.79 Å². The summed E-state index contributed by atoms with van der Waals surface area (Å²) in [5.41, 5.74) is 1.56. The van der Waals surface area contributed by atoms with Crippen LogP contribution < -0.4 is 15.4 Å². The number of methoxy groups -OCH3 is 1. The Morgan fingerprint density at radius 1 is 1.04 bits per heavy atom. The Morgan fingerprint density at radius 2 is 1.80 bits per heavy atom. The molecule has 0 radical (unpaired) electrons. The summed E-state index contributed by atoms with van der Waals surface area (Å²) in [6.07, 6.45) is 2.89. The highest BCUT2D eigenvalue weighted by Gasteiger charge is 2.10. The Labute approximate surface area is 149 Å². The summed E-state index contributed by atoms with van der Waals surface area (Å²) in [6.45, 7) is 0. The first-order chi connectivity index (χ1) is 12.2. The van der Waals surface area contributed by atoms with E-state index >= 15 is 0 Å². The van der Waals surface area contributed by atoms with E-state index in [1.54, 1.807) is 31.4 Å². The number of benzene rings is 2. The van der Waals surface area contributed by atoms with Crippen LogP contribution in [0.4, 0.5) is 17.2 Å². The molecule has 1 heterocycles. The number of nitrogens with zero attached hydrogens (tertiary/aromatic N) is 2. The third kappa shape index (κ3) is 4.24. The van der Waals surface area contributed by atoms with Crippen molar-refractivity contribution in [3.63, 3.8) is 0 Å². The molecule has 0 unspecified atom stereocenters. The molecule has 2 aromatic carbocycles. The lowest BCUT2D eigenvalue weighted by Crippen LogP contribution is -2.14. The van der Waals surface area contributed by atoms with Crippen LogP contribution in [0.1, 0.15) is 10.5 Å². The van der Waals surface area contributed by atoms with E-state index in [0.29, 0.717) is 16.5 Å². The number of hydrogen-bond acceptors (Lipinski definition) is 5. The monoisotopic (exact) mass is 354 g/mol. The van der Waals surface area contributed by atoms with Crippen LogP contribution in [0.5, 0.6) is 5.75 Å². The quantitative estimate of drug-likeness (QED) is 0.720. The summed E-state index contributed by atoms with van der Waals surface area (Å²) in [5.74, 6) is 0.916. The molecular weight excluding hydrogens is 340 g/mol. The first-order valence-corrected chi connectivity index (χ1v) is 7.82. The van der Waals surface area contributed by atoms with Gasteiger partial charge in [0.25, 0.3) is 5.91 Å². The van der Waals surface area contributed by atoms with Crippen LogP contribution in [-0.2, 0) is 0 Å². The van der Waals surface area contributed by atoms with Crippen LogP contribution >= 0.6 is 11.6 Å². The molecule has 7 heteroatoms. The van der Waals surface area contributed by atoms with E-state index in [9.17, 15) is 4.79 Å². The topological polar surface area (TPSA) is 76.1 Å². The summed E-state index contributed by atoms with van der Waals surface area (Å²) in [4.78, 5) is 20.5. The van der Waals surface area contributed by atoms with Gasteiger partial charge in [-0.15, -0.1) is 0 Å². The highest BCUT2D eigenvalue weighted by molar-refractivity contribution is 6.33. The number of nitrogens with one attached hydrogen (secondary N) is 2. The molecule has 0 aliphatic heterocycles. The van der Waals surface area contributed by atoms with E-state index in [2.05, 4.69) is 20.6 Å². The summed E-state index contributed by atoms with van der Waals surface area (Å²) in [6, 6.07) is 14.4. The van der Waals surface area contributed by atoms with E-state index in [0.717, 1.165) is 11.4 Å². The molecule has 3 aromatic rings. The average Bonchev–Trinajstić information content (AvgIpc) is 2.65. The maximum absolute atomic E-state index is 12.2. The molecule has 25 heavy (non-hydrogen) atoms. The van der Waals surface area contributed by atoms with Crippen molar-refractivity contribution in [3.05, 3.63) is 71.6 Å². The van der Waals surface area contributed by atoms with Gasteiger partial charge in [0.1, 0.15) is 17.3 Å². The van der Waals surface area contributed by atoms with Gasteiger partial charge in [-0.25, -0.2) is 9.97 Å². The molecule has 0 aliphatic rings. The van der Waals surface area contributed by atoms with Crippen molar-refractivity contribution < 1.29 is 9.53 Å². The van der Waals surface area contributed by atoms with Gasteiger partial charge in [-0.2, -0.15) is 0 Å². The third-order valence-corrected chi connectivity index (χ3v) is 3.70. The van der Waals surface area contributed by atoms with Crippen LogP contribution in [-0.4, -0.2) is 23.0 Å². The molecule has 0 aliphatic carbocycles. The third-order valence-electron chi connectivity index (χ3n) is 3.37. The minimum Gasteiger partial charge on any atom is -0.497 e. The number of para-hydroxylation sites is 1. The van der Waals surface area contributed by atoms with Crippen molar-refractivity contribution in [1.29, 1.82) is 0 Å². The maximum atomic E-state index is 12.2. The SMILES string of the molecule is COc1ccc(Nc2cnc(C(=O)Nc3ccccc3Cl)cn2)cc1. The Bertz CT molecular complexity index is 867. The molecule has 0 saturated carbocycles. The van der Waals surface area contributed by atoms with Gasteiger partial charge in [-0.1, -0.05) is 23.7 Å². The Morgan fingerprint density at radius 3 is 2.44 bits per heavy atom. The van der Waals surface area contributed by atoms with Gasteiger partial charge in [0, 0.05) is 5.69 Å². The van der Waals surface area contributed by atoms with E-state index in [4.69, 9.17) is 16.3 Å². The Hall–Kier alpha value is -3.12. The number of halogens is 1. The van der Waals surface area contributed by atoms with Crippen molar-refractivity contribution in [2.45, 2.75) is 0 Å². The minimum absolute atomic E-state index is 0.195. The predicted molar refractivity (Wildman–Crippen MR) is 97.7 cm³/mol. The first kappa shape index (κ1) is 16.7. The van der Waals surface area contributed by atoms with Gasteiger partial charge in [-0.05, 0) is 36.4 Å². The highest BCUT2D eigenvalue weighted by Crippen LogP contribution is 2.21. The van der Waals surface area contributed by atoms with E-state index in [1.807, 2.05) is 24.3 Å². The summed E-state index contributed by atoms with van der Waals surface area (Å²) < 4.78 is 5.11. The first-order valence-electron chi connectivity index (χ1n) is 7.45. The predicted octanol–water partition coefficient (Wildman–Crippen LogP) is 4.13. The van der Waals surface area contributed by atoms with Crippen molar-refractivity contribution >= 4 is 34.7 Å². The van der Waals surface area contributed by atoms with E-state index in [1.165, 1.54) is 12.4 Å². The fourth-order valence-electron chi connectivity index (χ4n) is 2.08. The maximum Gasteiger partial charge on any atom is 0.275 e. The standard InChI is InChI=1S/C18H15ClN4O2/c1-25-13-8-6-12(7-9-13)22-17-11-20-16(10-21-17)18(24)23-15-5-3-2-4-14(15)19/h2-11H,1H3,(H,21,22)(H,23,24). The van der Waals surface area contributed by atoms with Crippen molar-refractivity contribution in [3.8, 4) is 5.75 Å². The average molecular weight is 355 g/mol. The zero-order chi connectivity index (χ0) is 17.6. The summed E-state index contributed by atoms with van der Waals surface area (Å²) in [5, 5.41) is 6.26. The number of hydrogen-bond donors (Lipinski definition) is 2. The zero-order valence-electron chi connectivity index (χ0n) is 13.4. The molecule has 6 nitrogen and oxygen atoms in total. The van der Waals surface area contributed by atoms with Crippen LogP contribution in [0.3, 0.4) is 0 Å². The second kappa shape index (κ2) is 7.63. The molecule has 1 amide bonds. The molecule has 2 N–H and O–H groups in total. The second-order valence-electron chi connectivity index (χ2n) is 5.07. The fraction of sp³-hybridized carbons (Fsp3) is 0.0556. The van der Waals surface area contributed by atoms with Gasteiger partial charge in [0.15, 0.2) is 0 Å². The molecule has 3 rings (SSSR count). The molecule has 126 valence electrons. The number of rotatable bonds is 5. The number of anilines is 3. The summed E-state index contributed by atoms with van der Waals surface area (Å²) in [7, 11) is 1.61. The Kier molecular flexibility index (Phi) is 5.11. The van der Waals surface area contributed by atoms with Crippen LogP contribution in [0.2, 0.25) is 5.02 Å². The second-order valence-corrected chi connectivity index (χ2v) is 5.48. The largest absolute Gasteiger partial charge is 0.497 e. The lowest BCUT2D eigenvalue weighted by molar-refractivity contribution is 0.102. The number of carbonyl (C=O) groups excluding carboxylic acids is 1. The van der Waals surface area contributed by atoms with Gasteiger partial charge in [0.05, 0.1) is 30.2 Å². The smallest absolute Gasteiger partial charge is 0.275 e. The fourth-order valence-corrected chi connectivity index (χ4v) is 2.26. The highest BCUT2D eigenvalue weighted by atomic mass is 35.5. The number of amides is 1. The number of ether oxygens (including phenoxy) is 1. The molecule has 0 atom stereocenters. The van der Waals surface area contributed by atoms with Crippen molar-refractivity contribution in [2.75, 3.05) is 17.7 Å². The van der Waals surface area contributed by atoms with E-state index in [-0.39, 0.29) is 11.6 Å². The number of carbonyl (C=O) groups is 1. The molecule has 1 aromatic heterocycles. The van der Waals surface area contributed by atoms with Crippen LogP contribution in [0.25, 0.3) is 0 Å². The summed E-state index contributed by atoms with van der Waals surface area (Å²) >= 11 is 6.02. The van der Waals surface area contributed by atoms with Gasteiger partial charge in [0.2, 0.25) is 0 Å². The molecule has 0 fully saturated rings. The van der Waals surface area contributed by atoms with Crippen LogP contribution in [0, 0.1) is 0 Å². The molecular formula is C18H15ClN4O2. The van der Waals surface area contributed by atoms with Gasteiger partial charge >= 0.3 is 0 Å². The zero-order valence-corrected chi connectivity index (χ0v) is 14.1. The van der Waals surface area contributed by atoms with Crippen molar-refractivity contribution in [1.82, 2.24) is 9.97 Å². The molecule has 0 bridgehead atoms. The lowest BCUT2D eigenvalue weighted by atomic mass is 10.3. The number of aromatic nitrogens is 2.